The smallest absolute Gasteiger partial charge is 0.339 e. The largest absolute Gasteiger partial charge is 0.397 e. The van der Waals surface area contributed by atoms with Gasteiger partial charge in [-0.25, -0.2) is 4.39 Å². The van der Waals surface area contributed by atoms with Crippen LogP contribution in [0, 0.1) is 5.82 Å². The molecule has 2 aromatic carbocycles. The SMILES string of the molecule is Nc1ccc(OS(=O)(=O)c2cccc(F)c2)cc1N. The minimum Gasteiger partial charge on any atom is -0.397 e. The Kier molecular flexibility index (Phi) is 3.30. The summed E-state index contributed by atoms with van der Waals surface area (Å²) in [5.41, 5.74) is 11.6. The summed E-state index contributed by atoms with van der Waals surface area (Å²) in [6.45, 7) is 0. The Balaban J connectivity index is 2.33. The van der Waals surface area contributed by atoms with E-state index in [1.807, 2.05) is 0 Å². The maximum Gasteiger partial charge on any atom is 0.339 e. The second-order valence-corrected chi connectivity index (χ2v) is 5.33. The number of halogens is 1. The van der Waals surface area contributed by atoms with Gasteiger partial charge in [-0.3, -0.25) is 0 Å². The lowest BCUT2D eigenvalue weighted by molar-refractivity contribution is 0.485. The van der Waals surface area contributed by atoms with Gasteiger partial charge in [-0.05, 0) is 30.3 Å². The van der Waals surface area contributed by atoms with Crippen LogP contribution in [0.5, 0.6) is 5.75 Å². The molecule has 2 aromatic rings. The summed E-state index contributed by atoms with van der Waals surface area (Å²) >= 11 is 0. The van der Waals surface area contributed by atoms with Gasteiger partial charge in [0.1, 0.15) is 16.5 Å². The molecule has 0 spiro atoms. The van der Waals surface area contributed by atoms with E-state index in [2.05, 4.69) is 0 Å². The number of benzene rings is 2. The minimum absolute atomic E-state index is 0.0101. The topological polar surface area (TPSA) is 95.4 Å². The molecule has 0 heterocycles. The van der Waals surface area contributed by atoms with Gasteiger partial charge >= 0.3 is 10.1 Å². The molecule has 0 aliphatic rings. The number of nitrogen functional groups attached to an aromatic ring is 2. The third-order valence-corrected chi connectivity index (χ3v) is 3.59. The molecule has 0 aliphatic carbocycles. The highest BCUT2D eigenvalue weighted by molar-refractivity contribution is 7.87. The van der Waals surface area contributed by atoms with Crippen LogP contribution < -0.4 is 15.7 Å². The van der Waals surface area contributed by atoms with Gasteiger partial charge in [-0.15, -0.1) is 0 Å². The fourth-order valence-corrected chi connectivity index (χ4v) is 2.36. The average Bonchev–Trinajstić information content (AvgIpc) is 2.33. The average molecular weight is 282 g/mol. The Bertz CT molecular complexity index is 717. The lowest BCUT2D eigenvalue weighted by Crippen LogP contribution is -2.10. The van der Waals surface area contributed by atoms with Crippen molar-refractivity contribution < 1.29 is 17.0 Å². The van der Waals surface area contributed by atoms with E-state index in [-0.39, 0.29) is 16.3 Å². The molecule has 2 rings (SSSR count). The van der Waals surface area contributed by atoms with E-state index in [1.165, 1.54) is 30.3 Å². The second kappa shape index (κ2) is 4.77. The van der Waals surface area contributed by atoms with Crippen molar-refractivity contribution in [3.63, 3.8) is 0 Å². The summed E-state index contributed by atoms with van der Waals surface area (Å²) in [4.78, 5) is -0.275. The van der Waals surface area contributed by atoms with Gasteiger partial charge in [0.2, 0.25) is 0 Å². The molecule has 0 unspecified atom stereocenters. The normalized spacial score (nSPS) is 11.2. The maximum absolute atomic E-state index is 13.0. The van der Waals surface area contributed by atoms with E-state index < -0.39 is 15.9 Å². The highest BCUT2D eigenvalue weighted by atomic mass is 32.2. The molecule has 19 heavy (non-hydrogen) atoms. The van der Waals surface area contributed by atoms with E-state index in [0.29, 0.717) is 5.69 Å². The van der Waals surface area contributed by atoms with Crippen molar-refractivity contribution >= 4 is 21.5 Å². The fraction of sp³-hybridized carbons (Fsp3) is 0. The van der Waals surface area contributed by atoms with Gasteiger partial charge in [-0.1, -0.05) is 6.07 Å². The van der Waals surface area contributed by atoms with Crippen molar-refractivity contribution in [3.05, 3.63) is 48.3 Å². The molecular weight excluding hydrogens is 271 g/mol. The van der Waals surface area contributed by atoms with Crippen molar-refractivity contribution in [1.82, 2.24) is 0 Å². The van der Waals surface area contributed by atoms with Crippen LogP contribution in [0.15, 0.2) is 47.4 Å². The fourth-order valence-electron chi connectivity index (χ4n) is 1.40. The first-order valence-corrected chi connectivity index (χ1v) is 6.64. The summed E-state index contributed by atoms with van der Waals surface area (Å²) in [6, 6.07) is 8.60. The zero-order valence-corrected chi connectivity index (χ0v) is 10.5. The van der Waals surface area contributed by atoms with Crippen molar-refractivity contribution in [2.45, 2.75) is 4.90 Å². The number of hydrogen-bond donors (Lipinski definition) is 2. The van der Waals surface area contributed by atoms with Crippen molar-refractivity contribution in [2.24, 2.45) is 0 Å². The third kappa shape index (κ3) is 2.94. The summed E-state index contributed by atoms with van der Waals surface area (Å²) in [5.74, 6) is -0.655. The van der Waals surface area contributed by atoms with Crippen LogP contribution in [-0.2, 0) is 10.1 Å². The van der Waals surface area contributed by atoms with Crippen LogP contribution in [0.3, 0.4) is 0 Å². The lowest BCUT2D eigenvalue weighted by Gasteiger charge is -2.08. The molecule has 7 heteroatoms. The number of rotatable bonds is 3. The Labute approximate surface area is 109 Å². The molecule has 0 saturated heterocycles. The first-order valence-electron chi connectivity index (χ1n) is 5.23. The standard InChI is InChI=1S/C12H11FN2O3S/c13-8-2-1-3-10(6-8)19(16,17)18-9-4-5-11(14)12(15)7-9/h1-7H,14-15H2. The Morgan fingerprint density at radius 3 is 2.37 bits per heavy atom. The zero-order valence-electron chi connectivity index (χ0n) is 9.71. The Morgan fingerprint density at radius 2 is 1.74 bits per heavy atom. The molecule has 0 amide bonds. The van der Waals surface area contributed by atoms with E-state index >= 15 is 0 Å². The Hall–Kier alpha value is -2.28. The third-order valence-electron chi connectivity index (χ3n) is 2.35. The molecule has 4 N–H and O–H groups in total. The van der Waals surface area contributed by atoms with Crippen LogP contribution >= 0.6 is 0 Å². The molecular formula is C12H11FN2O3S. The minimum atomic E-state index is -4.10. The van der Waals surface area contributed by atoms with Gasteiger partial charge in [0.25, 0.3) is 0 Å². The van der Waals surface area contributed by atoms with Crippen LogP contribution in [-0.4, -0.2) is 8.42 Å². The van der Waals surface area contributed by atoms with Crippen LogP contribution in [0.25, 0.3) is 0 Å². The summed E-state index contributed by atoms with van der Waals surface area (Å²) in [6.07, 6.45) is 0. The van der Waals surface area contributed by atoms with Gasteiger partial charge in [0.15, 0.2) is 0 Å². The van der Waals surface area contributed by atoms with Crippen molar-refractivity contribution in [3.8, 4) is 5.75 Å². The van der Waals surface area contributed by atoms with Gasteiger partial charge < -0.3 is 15.7 Å². The summed E-state index contributed by atoms with van der Waals surface area (Å²) < 4.78 is 41.6. The number of anilines is 2. The van der Waals surface area contributed by atoms with E-state index in [9.17, 15) is 12.8 Å². The maximum atomic E-state index is 13.0. The molecule has 0 aliphatic heterocycles. The second-order valence-electron chi connectivity index (χ2n) is 3.79. The van der Waals surface area contributed by atoms with E-state index in [0.717, 1.165) is 12.1 Å². The molecule has 0 fully saturated rings. The van der Waals surface area contributed by atoms with Crippen molar-refractivity contribution in [1.29, 1.82) is 0 Å². The zero-order chi connectivity index (χ0) is 14.0. The first kappa shape index (κ1) is 13.2. The summed E-state index contributed by atoms with van der Waals surface area (Å²) in [7, 11) is -4.10. The molecule has 100 valence electrons. The molecule has 0 saturated carbocycles. The Morgan fingerprint density at radius 1 is 1.00 bits per heavy atom. The predicted octanol–water partition coefficient (Wildman–Crippen LogP) is 1.76. The molecule has 0 bridgehead atoms. The van der Waals surface area contributed by atoms with Crippen LogP contribution in [0.1, 0.15) is 0 Å². The van der Waals surface area contributed by atoms with Gasteiger partial charge in [0.05, 0.1) is 11.4 Å². The number of hydrogen-bond acceptors (Lipinski definition) is 5. The molecule has 5 nitrogen and oxygen atoms in total. The molecule has 0 atom stereocenters. The predicted molar refractivity (Wildman–Crippen MR) is 69.5 cm³/mol. The lowest BCUT2D eigenvalue weighted by atomic mass is 10.3. The highest BCUT2D eigenvalue weighted by Crippen LogP contribution is 2.24. The van der Waals surface area contributed by atoms with E-state index in [1.54, 1.807) is 0 Å². The molecule has 0 aromatic heterocycles. The first-order chi connectivity index (χ1) is 8.88. The molecule has 0 radical (unpaired) electrons. The van der Waals surface area contributed by atoms with Gasteiger partial charge in [0, 0.05) is 6.07 Å². The van der Waals surface area contributed by atoms with Crippen molar-refractivity contribution in [2.75, 3.05) is 11.5 Å². The van der Waals surface area contributed by atoms with Crippen LogP contribution in [0.2, 0.25) is 0 Å². The van der Waals surface area contributed by atoms with E-state index in [4.69, 9.17) is 15.7 Å². The van der Waals surface area contributed by atoms with Crippen LogP contribution in [0.4, 0.5) is 15.8 Å². The monoisotopic (exact) mass is 282 g/mol. The summed E-state index contributed by atoms with van der Waals surface area (Å²) in [5, 5.41) is 0. The highest BCUT2D eigenvalue weighted by Gasteiger charge is 2.17. The number of nitrogens with two attached hydrogens (primary N) is 2. The quantitative estimate of drug-likeness (QED) is 0.660. The van der Waals surface area contributed by atoms with Gasteiger partial charge in [-0.2, -0.15) is 8.42 Å².